The fourth-order valence-electron chi connectivity index (χ4n) is 2.90. The van der Waals surface area contributed by atoms with E-state index in [-0.39, 0.29) is 57.4 Å². The Bertz CT molecular complexity index is 250. The van der Waals surface area contributed by atoms with Gasteiger partial charge in [0.2, 0.25) is 0 Å². The fraction of sp³-hybridized carbons (Fsp3) is 0.950. The van der Waals surface area contributed by atoms with E-state index in [1.165, 1.54) is 103 Å². The van der Waals surface area contributed by atoms with Crippen molar-refractivity contribution in [3.8, 4) is 0 Å². The van der Waals surface area contributed by atoms with Gasteiger partial charge >= 0.3 is 57.4 Å². The molecule has 0 saturated carbocycles. The van der Waals surface area contributed by atoms with E-state index < -0.39 is 0 Å². The average Bonchev–Trinajstić information content (AvgIpc) is 2.53. The van der Waals surface area contributed by atoms with E-state index in [4.69, 9.17) is 0 Å². The molecule has 0 atom stereocenters. The average molecular weight is 368 g/mol. The van der Waals surface area contributed by atoms with Crippen LogP contribution in [0, 0.1) is 0 Å². The van der Waals surface area contributed by atoms with Crippen LogP contribution in [-0.2, 0) is 9.63 Å². The Balaban J connectivity index is 0. The van der Waals surface area contributed by atoms with Gasteiger partial charge in [0.05, 0.1) is 0 Å². The van der Waals surface area contributed by atoms with E-state index in [0.29, 0.717) is 0 Å². The van der Waals surface area contributed by atoms with E-state index in [0.717, 1.165) is 13.0 Å². The summed E-state index contributed by atoms with van der Waals surface area (Å²) >= 11 is 0. The van der Waals surface area contributed by atoms with Crippen LogP contribution in [0.2, 0.25) is 0 Å². The Morgan fingerprint density at radius 2 is 1.00 bits per heavy atom. The summed E-state index contributed by atoms with van der Waals surface area (Å²) in [6.45, 7) is 4.47. The summed E-state index contributed by atoms with van der Waals surface area (Å²) in [5.41, 5.74) is 2.68. The maximum absolute atomic E-state index is 10.5. The first-order valence-corrected chi connectivity index (χ1v) is 10.2. The number of hydroxylamine groups is 1. The molecule has 0 saturated heterocycles. The van der Waals surface area contributed by atoms with Crippen LogP contribution in [0.5, 0.6) is 0 Å². The Kier molecular flexibility index (Phi) is 27.4. The van der Waals surface area contributed by atoms with Crippen LogP contribution in [0.15, 0.2) is 0 Å². The monoisotopic (exact) mass is 367 g/mol. The van der Waals surface area contributed by atoms with Gasteiger partial charge < -0.3 is 4.84 Å². The summed E-state index contributed by atoms with van der Waals surface area (Å²) < 4.78 is 0. The van der Waals surface area contributed by atoms with Crippen LogP contribution in [-0.4, -0.2) is 63.9 Å². The van der Waals surface area contributed by atoms with E-state index in [2.05, 4.69) is 17.2 Å². The molecule has 1 N–H and O–H groups in total. The third-order valence-electron chi connectivity index (χ3n) is 4.35. The molecule has 4 heteroatoms. The molecule has 24 heavy (non-hydrogen) atoms. The molecule has 0 aromatic heterocycles. The number of nitrogens with one attached hydrogen (secondary N) is 1. The van der Waals surface area contributed by atoms with Gasteiger partial charge in [0.1, 0.15) is 0 Å². The molecular formula is C20H42KNO2. The van der Waals surface area contributed by atoms with E-state index in [9.17, 15) is 4.79 Å². The number of hydrogen-bond donors (Lipinski definition) is 1. The van der Waals surface area contributed by atoms with Crippen molar-refractivity contribution >= 4 is 57.4 Å². The molecule has 3 nitrogen and oxygen atoms in total. The third-order valence-corrected chi connectivity index (χ3v) is 4.35. The summed E-state index contributed by atoms with van der Waals surface area (Å²) in [5, 5.41) is 0. The summed E-state index contributed by atoms with van der Waals surface area (Å²) in [5.74, 6) is -0.263. The minimum absolute atomic E-state index is 0. The second kappa shape index (κ2) is 24.1. The van der Waals surface area contributed by atoms with Gasteiger partial charge in [0.15, 0.2) is 0 Å². The van der Waals surface area contributed by atoms with Gasteiger partial charge in [-0.05, 0) is 6.42 Å². The van der Waals surface area contributed by atoms with Crippen LogP contribution in [0.25, 0.3) is 0 Å². The normalized spacial score (nSPS) is 10.4. The minimum atomic E-state index is -0.263. The fourth-order valence-corrected chi connectivity index (χ4v) is 2.90. The van der Waals surface area contributed by atoms with Gasteiger partial charge in [-0.1, -0.05) is 103 Å². The van der Waals surface area contributed by atoms with Gasteiger partial charge in [-0.25, -0.2) is 0 Å². The Morgan fingerprint density at radius 3 is 1.33 bits per heavy atom. The molecule has 0 aliphatic heterocycles. The molecule has 0 spiro atoms. The zero-order valence-electron chi connectivity index (χ0n) is 15.8. The van der Waals surface area contributed by atoms with Crippen LogP contribution in [0.3, 0.4) is 0 Å². The van der Waals surface area contributed by atoms with E-state index in [1.54, 1.807) is 0 Å². The Hall–Kier alpha value is 1.07. The second-order valence-corrected chi connectivity index (χ2v) is 6.79. The number of unbranched alkanes of at least 4 members (excludes halogenated alkanes) is 15. The first-order valence-electron chi connectivity index (χ1n) is 10.2. The molecule has 0 amide bonds. The van der Waals surface area contributed by atoms with E-state index >= 15 is 0 Å². The zero-order valence-corrected chi connectivity index (χ0v) is 15.8. The van der Waals surface area contributed by atoms with Crippen molar-refractivity contribution in [3.63, 3.8) is 0 Å². The topological polar surface area (TPSA) is 38.3 Å². The molecule has 0 heterocycles. The van der Waals surface area contributed by atoms with Gasteiger partial charge in [0, 0.05) is 13.5 Å². The molecule has 0 unspecified atom stereocenters. The van der Waals surface area contributed by atoms with Crippen molar-refractivity contribution in [2.75, 3.05) is 6.54 Å². The first-order chi connectivity index (χ1) is 11.3. The second-order valence-electron chi connectivity index (χ2n) is 6.79. The van der Waals surface area contributed by atoms with Crippen LogP contribution < -0.4 is 5.48 Å². The maximum atomic E-state index is 10.5. The first kappa shape index (κ1) is 27.3. The predicted octanol–water partition coefficient (Wildman–Crippen LogP) is 5.67. The van der Waals surface area contributed by atoms with Crippen LogP contribution in [0.1, 0.15) is 117 Å². The molecule has 0 fully saturated rings. The summed E-state index contributed by atoms with van der Waals surface area (Å²) in [7, 11) is 0. The predicted molar refractivity (Wildman–Crippen MR) is 106 cm³/mol. The van der Waals surface area contributed by atoms with Crippen molar-refractivity contribution in [3.05, 3.63) is 0 Å². The molecule has 0 aliphatic carbocycles. The van der Waals surface area contributed by atoms with Crippen LogP contribution >= 0.6 is 0 Å². The molecule has 0 aromatic rings. The van der Waals surface area contributed by atoms with Gasteiger partial charge in [0.25, 0.3) is 0 Å². The van der Waals surface area contributed by atoms with Crippen molar-refractivity contribution in [2.45, 2.75) is 117 Å². The standard InChI is InChI=1S/C20H41NO2.K.H/c1-3-4-5-6-7-8-9-10-11-12-13-14-15-16-17-18-19-21-23-20(2)22;;/h21H,3-19H2,1-2H3;;. The van der Waals surface area contributed by atoms with Gasteiger partial charge in [-0.2, -0.15) is 5.48 Å². The van der Waals surface area contributed by atoms with Crippen LogP contribution in [0.4, 0.5) is 0 Å². The molecule has 0 rings (SSSR count). The zero-order chi connectivity index (χ0) is 17.0. The number of rotatable bonds is 18. The van der Waals surface area contributed by atoms with Crippen molar-refractivity contribution in [2.24, 2.45) is 0 Å². The Morgan fingerprint density at radius 1 is 0.667 bits per heavy atom. The SMILES string of the molecule is CCCCCCCCCCCCCCCCCCNOC(C)=O.[KH]. The molecular weight excluding hydrogens is 325 g/mol. The van der Waals surface area contributed by atoms with Gasteiger partial charge in [-0.15, -0.1) is 0 Å². The molecule has 0 radical (unpaired) electrons. The van der Waals surface area contributed by atoms with E-state index in [1.807, 2.05) is 0 Å². The number of hydrogen-bond acceptors (Lipinski definition) is 3. The molecule has 140 valence electrons. The van der Waals surface area contributed by atoms with Crippen molar-refractivity contribution in [1.82, 2.24) is 5.48 Å². The summed E-state index contributed by atoms with van der Waals surface area (Å²) in [6.07, 6.45) is 22.1. The third kappa shape index (κ3) is 25.3. The van der Waals surface area contributed by atoms with Crippen molar-refractivity contribution in [1.29, 1.82) is 0 Å². The molecule has 0 bridgehead atoms. The summed E-state index contributed by atoms with van der Waals surface area (Å²) in [4.78, 5) is 15.2. The quantitative estimate of drug-likeness (QED) is 0.193. The Labute approximate surface area is 193 Å². The molecule has 0 aliphatic rings. The van der Waals surface area contributed by atoms with Gasteiger partial charge in [-0.3, -0.25) is 4.79 Å². The number of carbonyl (C=O) groups is 1. The van der Waals surface area contributed by atoms with Crippen molar-refractivity contribution < 1.29 is 9.63 Å². The molecule has 0 aromatic carbocycles. The number of carbonyl (C=O) groups excluding carboxylic acids is 1. The summed E-state index contributed by atoms with van der Waals surface area (Å²) in [6, 6.07) is 0.